The first-order valence-electron chi connectivity index (χ1n) is 6.25. The molecule has 0 saturated heterocycles. The molecule has 8 heteroatoms. The van der Waals surface area contributed by atoms with Crippen molar-refractivity contribution in [2.24, 2.45) is 0 Å². The highest BCUT2D eigenvalue weighted by Crippen LogP contribution is 2.29. The quantitative estimate of drug-likeness (QED) is 0.545. The van der Waals surface area contributed by atoms with Crippen molar-refractivity contribution < 1.29 is 4.79 Å². The third-order valence-corrected chi connectivity index (χ3v) is 4.00. The first kappa shape index (κ1) is 14.4. The lowest BCUT2D eigenvalue weighted by Crippen LogP contribution is -2.45. The van der Waals surface area contributed by atoms with Gasteiger partial charge in [-0.2, -0.15) is 5.26 Å². The van der Waals surface area contributed by atoms with E-state index >= 15 is 0 Å². The predicted octanol–water partition coefficient (Wildman–Crippen LogP) is 0.397. The molecule has 1 aliphatic rings. The van der Waals surface area contributed by atoms with Crippen LogP contribution in [0.25, 0.3) is 0 Å². The number of carbonyl (C=O) groups excluding carboxylic acids is 1. The molecule has 0 unspecified atom stereocenters. The van der Waals surface area contributed by atoms with Crippen molar-refractivity contribution in [3.8, 4) is 6.07 Å². The van der Waals surface area contributed by atoms with Crippen LogP contribution >= 0.6 is 11.8 Å². The van der Waals surface area contributed by atoms with Crippen LogP contribution in [-0.4, -0.2) is 27.2 Å². The van der Waals surface area contributed by atoms with Crippen LogP contribution in [0.1, 0.15) is 25.7 Å². The molecule has 7 nitrogen and oxygen atoms in total. The number of hydrogen-bond donors (Lipinski definition) is 3. The van der Waals surface area contributed by atoms with Crippen LogP contribution in [0.3, 0.4) is 0 Å². The third kappa shape index (κ3) is 3.51. The number of H-pyrrole nitrogens is 1. The monoisotopic (exact) mass is 293 g/mol. The van der Waals surface area contributed by atoms with Gasteiger partial charge in [-0.15, -0.1) is 0 Å². The maximum Gasteiger partial charge on any atom is 0.253 e. The van der Waals surface area contributed by atoms with Crippen molar-refractivity contribution >= 4 is 23.5 Å². The standard InChI is InChI=1S/C12H15N5O2S/c13-7-12(3-1-2-4-12)17-10(19)6-20-11-15-8(14)5-9(18)16-11/h5H,1-4,6H2,(H,17,19)(H3,14,15,16,18). The average Bonchev–Trinajstić information content (AvgIpc) is 2.84. The van der Waals surface area contributed by atoms with E-state index in [-0.39, 0.29) is 23.0 Å². The summed E-state index contributed by atoms with van der Waals surface area (Å²) in [5.74, 6) is -0.0556. The molecule has 1 fully saturated rings. The first-order chi connectivity index (χ1) is 9.53. The summed E-state index contributed by atoms with van der Waals surface area (Å²) in [4.78, 5) is 29.5. The molecule has 1 aromatic rings. The van der Waals surface area contributed by atoms with E-state index < -0.39 is 5.54 Å². The van der Waals surface area contributed by atoms with Gasteiger partial charge in [0, 0.05) is 6.07 Å². The van der Waals surface area contributed by atoms with Crippen molar-refractivity contribution in [2.45, 2.75) is 36.4 Å². The van der Waals surface area contributed by atoms with E-state index in [0.29, 0.717) is 18.0 Å². The number of carbonyl (C=O) groups is 1. The summed E-state index contributed by atoms with van der Waals surface area (Å²) >= 11 is 1.08. The Kier molecular flexibility index (Phi) is 4.29. The van der Waals surface area contributed by atoms with Crippen molar-refractivity contribution in [2.75, 3.05) is 11.5 Å². The normalized spacial score (nSPS) is 16.6. The van der Waals surface area contributed by atoms with Crippen molar-refractivity contribution in [3.63, 3.8) is 0 Å². The second-order valence-electron chi connectivity index (χ2n) is 4.71. The number of hydrogen-bond acceptors (Lipinski definition) is 6. The maximum absolute atomic E-state index is 11.9. The number of aromatic nitrogens is 2. The highest BCUT2D eigenvalue weighted by molar-refractivity contribution is 7.99. The SMILES string of the molecule is N#CC1(NC(=O)CSc2nc(N)cc(=O)[nH]2)CCCC1. The zero-order chi connectivity index (χ0) is 14.6. The molecule has 1 aliphatic carbocycles. The van der Waals surface area contributed by atoms with E-state index in [1.54, 1.807) is 0 Å². The fourth-order valence-electron chi connectivity index (χ4n) is 2.20. The smallest absolute Gasteiger partial charge is 0.253 e. The fraction of sp³-hybridized carbons (Fsp3) is 0.500. The average molecular weight is 293 g/mol. The first-order valence-corrected chi connectivity index (χ1v) is 7.23. The van der Waals surface area contributed by atoms with Crippen LogP contribution < -0.4 is 16.6 Å². The van der Waals surface area contributed by atoms with E-state index in [2.05, 4.69) is 21.4 Å². The Morgan fingerprint density at radius 3 is 2.90 bits per heavy atom. The van der Waals surface area contributed by atoms with Crippen LogP contribution in [0.4, 0.5) is 5.82 Å². The molecule has 1 aromatic heterocycles. The molecule has 2 rings (SSSR count). The summed E-state index contributed by atoms with van der Waals surface area (Å²) in [6, 6.07) is 3.36. The minimum Gasteiger partial charge on any atom is -0.383 e. The molecular weight excluding hydrogens is 278 g/mol. The summed E-state index contributed by atoms with van der Waals surface area (Å²) in [5, 5.41) is 12.2. The Balaban J connectivity index is 1.92. The summed E-state index contributed by atoms with van der Waals surface area (Å²) in [6.45, 7) is 0. The predicted molar refractivity (Wildman–Crippen MR) is 74.9 cm³/mol. The van der Waals surface area contributed by atoms with E-state index in [4.69, 9.17) is 5.73 Å². The summed E-state index contributed by atoms with van der Waals surface area (Å²) in [7, 11) is 0. The number of nitrogens with zero attached hydrogens (tertiary/aromatic N) is 2. The molecule has 0 radical (unpaired) electrons. The Labute approximate surface area is 120 Å². The van der Waals surface area contributed by atoms with Crippen molar-refractivity contribution in [1.82, 2.24) is 15.3 Å². The van der Waals surface area contributed by atoms with Crippen LogP contribution in [0.15, 0.2) is 16.0 Å². The van der Waals surface area contributed by atoms with Gasteiger partial charge in [-0.1, -0.05) is 11.8 Å². The Morgan fingerprint density at radius 1 is 1.60 bits per heavy atom. The molecule has 0 atom stereocenters. The van der Waals surface area contributed by atoms with Gasteiger partial charge < -0.3 is 16.0 Å². The minimum atomic E-state index is -0.728. The Bertz CT molecular complexity index is 601. The number of amides is 1. The number of nitrogens with two attached hydrogens (primary N) is 1. The van der Waals surface area contributed by atoms with Crippen LogP contribution in [0.5, 0.6) is 0 Å². The van der Waals surface area contributed by atoms with Gasteiger partial charge in [-0.25, -0.2) is 4.98 Å². The number of rotatable bonds is 4. The molecule has 1 saturated carbocycles. The summed E-state index contributed by atoms with van der Waals surface area (Å²) in [5.41, 5.74) is 4.37. The number of nitrogens with one attached hydrogen (secondary N) is 2. The van der Waals surface area contributed by atoms with E-state index in [9.17, 15) is 14.9 Å². The zero-order valence-corrected chi connectivity index (χ0v) is 11.6. The van der Waals surface area contributed by atoms with E-state index in [1.165, 1.54) is 6.07 Å². The maximum atomic E-state index is 11.9. The molecule has 0 aromatic carbocycles. The Hall–Kier alpha value is -2.01. The molecule has 0 spiro atoms. The van der Waals surface area contributed by atoms with E-state index in [0.717, 1.165) is 24.6 Å². The fourth-order valence-corrected chi connectivity index (χ4v) is 2.88. The van der Waals surface area contributed by atoms with Gasteiger partial charge in [0.25, 0.3) is 5.56 Å². The van der Waals surface area contributed by atoms with Crippen LogP contribution in [0.2, 0.25) is 0 Å². The van der Waals surface area contributed by atoms with Crippen molar-refractivity contribution in [1.29, 1.82) is 5.26 Å². The van der Waals surface area contributed by atoms with Gasteiger partial charge in [-0.05, 0) is 25.7 Å². The second kappa shape index (κ2) is 5.96. The lowest BCUT2D eigenvalue weighted by Gasteiger charge is -2.21. The Morgan fingerprint density at radius 2 is 2.30 bits per heavy atom. The summed E-state index contributed by atoms with van der Waals surface area (Å²) < 4.78 is 0. The molecule has 106 valence electrons. The third-order valence-electron chi connectivity index (χ3n) is 3.13. The number of anilines is 1. The topological polar surface area (TPSA) is 125 Å². The molecule has 1 heterocycles. The van der Waals surface area contributed by atoms with Gasteiger partial charge in [-0.3, -0.25) is 9.59 Å². The number of aromatic amines is 1. The van der Waals surface area contributed by atoms with Crippen LogP contribution in [-0.2, 0) is 4.79 Å². The molecule has 1 amide bonds. The van der Waals surface area contributed by atoms with Gasteiger partial charge in [0.05, 0.1) is 11.8 Å². The van der Waals surface area contributed by atoms with Crippen molar-refractivity contribution in [3.05, 3.63) is 16.4 Å². The number of nitriles is 1. The summed E-state index contributed by atoms with van der Waals surface area (Å²) in [6.07, 6.45) is 3.27. The molecule has 0 aliphatic heterocycles. The molecular formula is C12H15N5O2S. The lowest BCUT2D eigenvalue weighted by atomic mass is 10.0. The van der Waals surface area contributed by atoms with Gasteiger partial charge in [0.15, 0.2) is 5.16 Å². The highest BCUT2D eigenvalue weighted by Gasteiger charge is 2.35. The van der Waals surface area contributed by atoms with Gasteiger partial charge in [0.1, 0.15) is 11.4 Å². The second-order valence-corrected chi connectivity index (χ2v) is 5.68. The molecule has 0 bridgehead atoms. The van der Waals surface area contributed by atoms with E-state index in [1.807, 2.05) is 0 Å². The molecule has 4 N–H and O–H groups in total. The molecule has 20 heavy (non-hydrogen) atoms. The largest absolute Gasteiger partial charge is 0.383 e. The minimum absolute atomic E-state index is 0.0792. The lowest BCUT2D eigenvalue weighted by molar-refractivity contribution is -0.119. The van der Waals surface area contributed by atoms with Crippen LogP contribution in [0, 0.1) is 11.3 Å². The van der Waals surface area contributed by atoms with Gasteiger partial charge >= 0.3 is 0 Å². The number of thioether (sulfide) groups is 1. The highest BCUT2D eigenvalue weighted by atomic mass is 32.2. The van der Waals surface area contributed by atoms with Gasteiger partial charge in [0.2, 0.25) is 5.91 Å². The number of nitrogen functional groups attached to an aromatic ring is 1. The zero-order valence-electron chi connectivity index (χ0n) is 10.8.